The van der Waals surface area contributed by atoms with Crippen LogP contribution in [0.4, 0.5) is 4.39 Å². The maximum Gasteiger partial charge on any atom is 0.309 e. The van der Waals surface area contributed by atoms with Gasteiger partial charge in [-0.25, -0.2) is 4.39 Å². The van der Waals surface area contributed by atoms with Crippen LogP contribution in [0.25, 0.3) is 6.08 Å². The van der Waals surface area contributed by atoms with E-state index in [1.807, 2.05) is 6.92 Å². The number of esters is 1. The Hall–Kier alpha value is -2.42. The number of cyclic esters (lactones) is 1. The topological polar surface area (TPSA) is 106 Å². The van der Waals surface area contributed by atoms with Crippen LogP contribution in [0.3, 0.4) is 0 Å². The highest BCUT2D eigenvalue weighted by Gasteiger charge is 2.43. The fourth-order valence-corrected chi connectivity index (χ4v) is 4.00. The molecule has 0 amide bonds. The molecule has 5 atom stereocenters. The normalized spacial score (nSPS) is 31.4. The third-order valence-electron chi connectivity index (χ3n) is 6.61. The van der Waals surface area contributed by atoms with Crippen molar-refractivity contribution in [1.29, 1.82) is 0 Å². The maximum atomic E-state index is 15.1. The zero-order valence-electron chi connectivity index (χ0n) is 21.2. The number of hydrogen-bond donors (Lipinski definition) is 2. The summed E-state index contributed by atoms with van der Waals surface area (Å²) in [5.74, 6) is -2.65. The molecule has 0 saturated heterocycles. The Morgan fingerprint density at radius 2 is 2.00 bits per heavy atom. The molecule has 0 fully saturated rings. The quantitative estimate of drug-likeness (QED) is 0.483. The fraction of sp³-hybridized carbons (Fsp3) is 0.593. The van der Waals surface area contributed by atoms with Gasteiger partial charge in [0.05, 0.1) is 42.4 Å². The van der Waals surface area contributed by atoms with Crippen LogP contribution in [-0.2, 0) is 19.1 Å². The van der Waals surface area contributed by atoms with E-state index in [9.17, 15) is 19.8 Å². The third-order valence-corrected chi connectivity index (χ3v) is 6.61. The number of rotatable bonds is 3. The second kappa shape index (κ2) is 13.0. The van der Waals surface area contributed by atoms with Crippen LogP contribution in [0.1, 0.15) is 66.0 Å². The first-order valence-electron chi connectivity index (χ1n) is 12.1. The van der Waals surface area contributed by atoms with Gasteiger partial charge >= 0.3 is 5.97 Å². The van der Waals surface area contributed by atoms with Gasteiger partial charge in [-0.15, -0.1) is 0 Å². The second-order valence-corrected chi connectivity index (χ2v) is 9.69. The van der Waals surface area contributed by atoms with E-state index in [1.54, 1.807) is 38.1 Å². The third kappa shape index (κ3) is 8.05. The van der Waals surface area contributed by atoms with Crippen molar-refractivity contribution in [3.05, 3.63) is 47.6 Å². The molecule has 1 aromatic heterocycles. The Balaban J connectivity index is 2.36. The molecule has 0 saturated carbocycles. The zero-order chi connectivity index (χ0) is 26.2. The lowest BCUT2D eigenvalue weighted by Gasteiger charge is -2.35. The maximum absolute atomic E-state index is 15.1. The Morgan fingerprint density at radius 3 is 2.63 bits per heavy atom. The molecule has 1 aliphatic rings. The van der Waals surface area contributed by atoms with Crippen LogP contribution in [0.2, 0.25) is 0 Å². The minimum absolute atomic E-state index is 0.0846. The van der Waals surface area contributed by atoms with Crippen molar-refractivity contribution < 1.29 is 33.7 Å². The lowest BCUT2D eigenvalue weighted by molar-refractivity contribution is -0.155. The van der Waals surface area contributed by atoms with Crippen molar-refractivity contribution in [1.82, 2.24) is 4.98 Å². The van der Waals surface area contributed by atoms with E-state index in [2.05, 4.69) is 4.98 Å². The zero-order valence-corrected chi connectivity index (χ0v) is 21.2. The summed E-state index contributed by atoms with van der Waals surface area (Å²) in [4.78, 5) is 30.1. The van der Waals surface area contributed by atoms with Crippen molar-refractivity contribution in [2.24, 2.45) is 11.3 Å². The number of ketones is 1. The average Bonchev–Trinajstić information content (AvgIpc) is 2.81. The molecule has 0 radical (unpaired) electrons. The summed E-state index contributed by atoms with van der Waals surface area (Å²) in [6, 6.07) is 5.06. The number of hydrogen-bond acceptors (Lipinski definition) is 7. The number of nitrogens with zero attached hydrogens (tertiary/aromatic N) is 1. The molecule has 7 nitrogen and oxygen atoms in total. The van der Waals surface area contributed by atoms with Gasteiger partial charge < -0.3 is 19.7 Å². The Kier molecular flexibility index (Phi) is 10.7. The van der Waals surface area contributed by atoms with E-state index in [0.717, 1.165) is 5.57 Å². The lowest BCUT2D eigenvalue weighted by Crippen LogP contribution is -2.47. The molecular formula is C27H38FNO6. The first-order chi connectivity index (χ1) is 16.5. The summed E-state index contributed by atoms with van der Waals surface area (Å²) in [7, 11) is 0. The van der Waals surface area contributed by atoms with Gasteiger partial charge in [-0.2, -0.15) is 0 Å². The minimum Gasteiger partial charge on any atom is -0.455 e. The number of aromatic nitrogens is 1. The van der Waals surface area contributed by atoms with E-state index in [-0.39, 0.29) is 12.2 Å². The minimum atomic E-state index is -1.38. The van der Waals surface area contributed by atoms with E-state index in [1.165, 1.54) is 26.1 Å². The molecule has 2 rings (SSSR count). The second-order valence-electron chi connectivity index (χ2n) is 9.69. The summed E-state index contributed by atoms with van der Waals surface area (Å²) in [6.07, 6.45) is 0.737. The van der Waals surface area contributed by atoms with Crippen LogP contribution in [0.5, 0.6) is 0 Å². The van der Waals surface area contributed by atoms with Crippen molar-refractivity contribution in [2.45, 2.75) is 84.7 Å². The number of ether oxygens (including phenoxy) is 2. The molecule has 0 aliphatic carbocycles. The number of halogens is 1. The highest BCUT2D eigenvalue weighted by atomic mass is 19.1. The first-order valence-corrected chi connectivity index (χ1v) is 12.1. The number of pyridine rings is 1. The predicted molar refractivity (Wildman–Crippen MR) is 131 cm³/mol. The molecule has 8 heteroatoms. The Morgan fingerprint density at radius 1 is 1.29 bits per heavy atom. The van der Waals surface area contributed by atoms with E-state index < -0.39 is 54.0 Å². The Bertz CT molecular complexity index is 914. The molecule has 0 aromatic carbocycles. The highest BCUT2D eigenvalue weighted by Crippen LogP contribution is 2.32. The van der Waals surface area contributed by atoms with Crippen LogP contribution in [0.15, 0.2) is 41.9 Å². The summed E-state index contributed by atoms with van der Waals surface area (Å²) in [5, 5.41) is 21.6. The van der Waals surface area contributed by atoms with E-state index >= 15 is 4.39 Å². The van der Waals surface area contributed by atoms with E-state index in [4.69, 9.17) is 9.47 Å². The summed E-state index contributed by atoms with van der Waals surface area (Å²) < 4.78 is 26.3. The van der Waals surface area contributed by atoms with Crippen molar-refractivity contribution in [2.75, 3.05) is 6.61 Å². The molecular weight excluding hydrogens is 453 g/mol. The van der Waals surface area contributed by atoms with Gasteiger partial charge in [0.1, 0.15) is 11.6 Å². The molecule has 1 aliphatic heterocycles. The summed E-state index contributed by atoms with van der Waals surface area (Å²) >= 11 is 0. The highest BCUT2D eigenvalue weighted by molar-refractivity contribution is 5.88. The molecule has 2 N–H and O–H groups in total. The van der Waals surface area contributed by atoms with Crippen LogP contribution in [0, 0.1) is 11.3 Å². The number of carbonyl (C=O) groups is 2. The molecule has 35 heavy (non-hydrogen) atoms. The molecule has 194 valence electrons. The van der Waals surface area contributed by atoms with Crippen molar-refractivity contribution >= 4 is 17.8 Å². The standard InChI is InChI=1S/C27H38FNO6/c1-6-20-25(32)18(3)34-14-12-17(2)10-11-22(21(28)15-19-9-7-8-13-29-19)35-24(31)16-23(30)27(4,5)26(20)33/h7-10,13,15,18,20,22-23,25,30,32H,6,11-12,14,16H2,1-5H3/b17-10-,21-15-/t18-,20-,22+,23+,25-/m1/s1. The van der Waals surface area contributed by atoms with Gasteiger partial charge in [-0.1, -0.05) is 38.5 Å². The number of aliphatic hydroxyl groups is 2. The van der Waals surface area contributed by atoms with Crippen LogP contribution >= 0.6 is 0 Å². The van der Waals surface area contributed by atoms with Crippen LogP contribution < -0.4 is 0 Å². The number of carbonyl (C=O) groups excluding carboxylic acids is 2. The molecule has 2 heterocycles. The first kappa shape index (κ1) is 28.8. The van der Waals surface area contributed by atoms with Gasteiger partial charge in [0.15, 0.2) is 6.10 Å². The summed E-state index contributed by atoms with van der Waals surface area (Å²) in [6.45, 7) is 8.70. The number of Topliss-reactive ketones (excluding diaryl/α,β-unsaturated/α-hetero) is 1. The Labute approximate surface area is 207 Å². The van der Waals surface area contributed by atoms with Gasteiger partial charge in [0.25, 0.3) is 0 Å². The fourth-order valence-electron chi connectivity index (χ4n) is 4.00. The van der Waals surface area contributed by atoms with Gasteiger partial charge in [0, 0.05) is 18.5 Å². The lowest BCUT2D eigenvalue weighted by atomic mass is 9.73. The number of aliphatic hydroxyl groups excluding tert-OH is 2. The molecule has 0 spiro atoms. The predicted octanol–water partition coefficient (Wildman–Crippen LogP) is 4.18. The van der Waals surface area contributed by atoms with E-state index in [0.29, 0.717) is 25.1 Å². The van der Waals surface area contributed by atoms with Gasteiger partial charge in [-0.05, 0) is 44.9 Å². The SMILES string of the molecule is CC[C@H]1C(=O)C(C)(C)[C@@H](O)CC(=O)O[C@H](/C(F)=C/c2ccccn2)C/C=C(/C)CCO[C@H](C)[C@H]1O. The molecule has 0 unspecified atom stereocenters. The molecule has 0 bridgehead atoms. The van der Waals surface area contributed by atoms with Crippen LogP contribution in [-0.4, -0.2) is 58.0 Å². The van der Waals surface area contributed by atoms with Gasteiger partial charge in [-0.3, -0.25) is 14.6 Å². The molecule has 1 aromatic rings. The average molecular weight is 492 g/mol. The smallest absolute Gasteiger partial charge is 0.309 e. The summed E-state index contributed by atoms with van der Waals surface area (Å²) in [5.41, 5.74) is -0.0619. The van der Waals surface area contributed by atoms with Crippen molar-refractivity contribution in [3.8, 4) is 0 Å². The monoisotopic (exact) mass is 491 g/mol. The van der Waals surface area contributed by atoms with Crippen molar-refractivity contribution in [3.63, 3.8) is 0 Å². The largest absolute Gasteiger partial charge is 0.455 e. The van der Waals surface area contributed by atoms with Gasteiger partial charge in [0.2, 0.25) is 0 Å².